The van der Waals surface area contributed by atoms with Gasteiger partial charge in [0.25, 0.3) is 5.69 Å². The molecule has 62 valence electrons. The van der Waals surface area contributed by atoms with E-state index in [1.165, 1.54) is 24.3 Å². The molecular formula is C7H6N2O3. The summed E-state index contributed by atoms with van der Waals surface area (Å²) >= 11 is 0. The molecule has 12 heavy (non-hydrogen) atoms. The highest BCUT2D eigenvalue weighted by atomic mass is 16.6. The summed E-state index contributed by atoms with van der Waals surface area (Å²) < 4.78 is 0. The van der Waals surface area contributed by atoms with E-state index < -0.39 is 4.92 Å². The van der Waals surface area contributed by atoms with Gasteiger partial charge in [-0.1, -0.05) is 5.16 Å². The van der Waals surface area contributed by atoms with Crippen LogP contribution in [0.15, 0.2) is 29.4 Å². The molecular weight excluding hydrogens is 160 g/mol. The predicted octanol–water partition coefficient (Wildman–Crippen LogP) is 1.59. The largest absolute Gasteiger partial charge is 0.358 e. The molecule has 1 aromatic carbocycles. The van der Waals surface area contributed by atoms with Gasteiger partial charge in [-0.25, -0.2) is 0 Å². The van der Waals surface area contributed by atoms with E-state index in [0.29, 0.717) is 5.75 Å². The first kappa shape index (κ1) is 8.19. The Kier molecular flexibility index (Phi) is 2.37. The number of benzene rings is 1. The molecule has 0 saturated carbocycles. The van der Waals surface area contributed by atoms with Crippen molar-refractivity contribution < 1.29 is 9.76 Å². The highest BCUT2D eigenvalue weighted by molar-refractivity contribution is 5.36. The SMILES string of the molecule is C=NOc1ccc([N+](=O)[O-])cc1. The molecule has 0 aromatic heterocycles. The number of nitro benzene ring substituents is 1. The summed E-state index contributed by atoms with van der Waals surface area (Å²) in [6, 6.07) is 5.57. The van der Waals surface area contributed by atoms with Crippen LogP contribution in [0.25, 0.3) is 0 Å². The molecule has 0 N–H and O–H groups in total. The quantitative estimate of drug-likeness (QED) is 0.389. The number of non-ortho nitro benzene ring substituents is 1. The second kappa shape index (κ2) is 3.47. The maximum Gasteiger partial charge on any atom is 0.269 e. The van der Waals surface area contributed by atoms with Gasteiger partial charge in [0.2, 0.25) is 0 Å². The maximum atomic E-state index is 10.2. The van der Waals surface area contributed by atoms with Gasteiger partial charge in [-0.2, -0.15) is 0 Å². The fourth-order valence-electron chi connectivity index (χ4n) is 0.703. The molecule has 0 aliphatic carbocycles. The van der Waals surface area contributed by atoms with Crippen LogP contribution in [0.5, 0.6) is 5.75 Å². The fraction of sp³-hybridized carbons (Fsp3) is 0. The third-order valence-electron chi connectivity index (χ3n) is 1.22. The Morgan fingerprint density at radius 2 is 2.00 bits per heavy atom. The fourth-order valence-corrected chi connectivity index (χ4v) is 0.703. The minimum Gasteiger partial charge on any atom is -0.358 e. The molecule has 0 saturated heterocycles. The Labute approximate surface area is 68.4 Å². The minimum atomic E-state index is -0.481. The Morgan fingerprint density at radius 1 is 1.42 bits per heavy atom. The van der Waals surface area contributed by atoms with E-state index >= 15 is 0 Å². The summed E-state index contributed by atoms with van der Waals surface area (Å²) in [4.78, 5) is 14.3. The molecule has 0 spiro atoms. The van der Waals surface area contributed by atoms with Gasteiger partial charge in [0, 0.05) is 18.9 Å². The molecule has 0 amide bonds. The lowest BCUT2D eigenvalue weighted by atomic mass is 10.3. The van der Waals surface area contributed by atoms with Gasteiger partial charge in [-0.3, -0.25) is 10.1 Å². The van der Waals surface area contributed by atoms with Crippen molar-refractivity contribution in [2.75, 3.05) is 0 Å². The summed E-state index contributed by atoms with van der Waals surface area (Å²) in [5, 5.41) is 13.4. The van der Waals surface area contributed by atoms with Crippen LogP contribution in [0.1, 0.15) is 0 Å². The van der Waals surface area contributed by atoms with Crippen LogP contribution in [0, 0.1) is 10.1 Å². The van der Waals surface area contributed by atoms with Gasteiger partial charge < -0.3 is 4.84 Å². The molecule has 1 aromatic rings. The third-order valence-corrected chi connectivity index (χ3v) is 1.22. The van der Waals surface area contributed by atoms with Gasteiger partial charge >= 0.3 is 0 Å². The Hall–Kier alpha value is -1.91. The van der Waals surface area contributed by atoms with Gasteiger partial charge in [-0.15, -0.1) is 0 Å². The highest BCUT2D eigenvalue weighted by Gasteiger charge is 2.03. The van der Waals surface area contributed by atoms with Crippen molar-refractivity contribution in [2.45, 2.75) is 0 Å². The lowest BCUT2D eigenvalue weighted by Gasteiger charge is -1.95. The van der Waals surface area contributed by atoms with Crippen LogP contribution in [0.2, 0.25) is 0 Å². The number of nitro groups is 1. The zero-order valence-electron chi connectivity index (χ0n) is 6.14. The Morgan fingerprint density at radius 3 is 2.42 bits per heavy atom. The van der Waals surface area contributed by atoms with E-state index in [9.17, 15) is 10.1 Å². The average molecular weight is 166 g/mol. The Bertz CT molecular complexity index is 294. The summed E-state index contributed by atoms with van der Waals surface area (Å²) in [7, 11) is 0. The second-order valence-corrected chi connectivity index (χ2v) is 1.97. The van der Waals surface area contributed by atoms with Gasteiger partial charge in [0.05, 0.1) is 4.92 Å². The molecule has 0 bridgehead atoms. The molecule has 5 heteroatoms. The molecule has 0 aliphatic rings. The van der Waals surface area contributed by atoms with Gasteiger partial charge in [-0.05, 0) is 12.1 Å². The first-order valence-electron chi connectivity index (χ1n) is 3.11. The normalized spacial score (nSPS) is 9.00. The highest BCUT2D eigenvalue weighted by Crippen LogP contribution is 2.16. The van der Waals surface area contributed by atoms with Crippen LogP contribution in [0.4, 0.5) is 5.69 Å². The van der Waals surface area contributed by atoms with Gasteiger partial charge in [0.15, 0.2) is 5.75 Å². The van der Waals surface area contributed by atoms with Crippen LogP contribution >= 0.6 is 0 Å². The lowest BCUT2D eigenvalue weighted by Crippen LogP contribution is -1.87. The van der Waals surface area contributed by atoms with Crippen LogP contribution < -0.4 is 4.84 Å². The number of hydrogen-bond donors (Lipinski definition) is 0. The summed E-state index contributed by atoms with van der Waals surface area (Å²) in [5.41, 5.74) is 0.0198. The second-order valence-electron chi connectivity index (χ2n) is 1.97. The van der Waals surface area contributed by atoms with E-state index in [-0.39, 0.29) is 5.69 Å². The smallest absolute Gasteiger partial charge is 0.269 e. The Balaban J connectivity index is 2.85. The molecule has 0 atom stereocenters. The van der Waals surface area contributed by atoms with Crippen LogP contribution in [-0.4, -0.2) is 11.6 Å². The van der Waals surface area contributed by atoms with Crippen LogP contribution in [-0.2, 0) is 0 Å². The molecule has 0 fully saturated rings. The van der Waals surface area contributed by atoms with Crippen molar-refractivity contribution in [1.82, 2.24) is 0 Å². The van der Waals surface area contributed by atoms with Crippen molar-refractivity contribution in [3.8, 4) is 5.75 Å². The molecule has 0 aliphatic heterocycles. The third kappa shape index (κ3) is 1.79. The zero-order chi connectivity index (χ0) is 8.97. The minimum absolute atomic E-state index is 0.0198. The van der Waals surface area contributed by atoms with E-state index in [1.807, 2.05) is 0 Å². The molecule has 0 unspecified atom stereocenters. The lowest BCUT2D eigenvalue weighted by molar-refractivity contribution is -0.384. The van der Waals surface area contributed by atoms with E-state index in [4.69, 9.17) is 0 Å². The maximum absolute atomic E-state index is 10.2. The molecule has 1 rings (SSSR count). The predicted molar refractivity (Wildman–Crippen MR) is 43.3 cm³/mol. The van der Waals surface area contributed by atoms with Crippen molar-refractivity contribution >= 4 is 12.4 Å². The van der Waals surface area contributed by atoms with Crippen molar-refractivity contribution in [2.24, 2.45) is 5.16 Å². The first-order valence-corrected chi connectivity index (χ1v) is 3.11. The first-order chi connectivity index (χ1) is 5.74. The number of oxime groups is 1. The molecule has 0 radical (unpaired) electrons. The topological polar surface area (TPSA) is 64.7 Å². The van der Waals surface area contributed by atoms with Crippen LogP contribution in [0.3, 0.4) is 0 Å². The standard InChI is InChI=1S/C7H6N2O3/c1-8-12-7-4-2-6(3-5-7)9(10)11/h2-5H,1H2. The van der Waals surface area contributed by atoms with Crippen molar-refractivity contribution in [3.05, 3.63) is 34.4 Å². The summed E-state index contributed by atoms with van der Waals surface area (Å²) in [6.07, 6.45) is 0. The zero-order valence-corrected chi connectivity index (χ0v) is 6.14. The van der Waals surface area contributed by atoms with E-state index in [0.717, 1.165) is 0 Å². The summed E-state index contributed by atoms with van der Waals surface area (Å²) in [5.74, 6) is 0.426. The monoisotopic (exact) mass is 166 g/mol. The van der Waals surface area contributed by atoms with E-state index in [2.05, 4.69) is 16.7 Å². The van der Waals surface area contributed by atoms with E-state index in [1.54, 1.807) is 0 Å². The molecule has 5 nitrogen and oxygen atoms in total. The van der Waals surface area contributed by atoms with Crippen molar-refractivity contribution in [3.63, 3.8) is 0 Å². The van der Waals surface area contributed by atoms with Gasteiger partial charge in [0.1, 0.15) is 0 Å². The number of nitrogens with zero attached hydrogens (tertiary/aromatic N) is 2. The number of rotatable bonds is 3. The van der Waals surface area contributed by atoms with Crippen molar-refractivity contribution in [1.29, 1.82) is 0 Å². The summed E-state index contributed by atoms with van der Waals surface area (Å²) in [6.45, 7) is 3.11. The number of hydrogen-bond acceptors (Lipinski definition) is 4. The molecule has 0 heterocycles. The average Bonchev–Trinajstić information content (AvgIpc) is 2.06.